The molecule has 7 nitrogen and oxygen atoms in total. The van der Waals surface area contributed by atoms with Crippen molar-refractivity contribution in [1.29, 1.82) is 0 Å². The highest BCUT2D eigenvalue weighted by atomic mass is 35.5. The van der Waals surface area contributed by atoms with Crippen molar-refractivity contribution in [3.8, 4) is 0 Å². The number of esters is 1. The predicted molar refractivity (Wildman–Crippen MR) is 116 cm³/mol. The number of carbonyl (C=O) groups excluding carboxylic acids is 2. The molecule has 9 heteroatoms. The monoisotopic (exact) mass is 462 g/mol. The topological polar surface area (TPSA) is 92.8 Å². The van der Waals surface area contributed by atoms with Crippen LogP contribution in [0.15, 0.2) is 47.4 Å². The number of nitrogens with one attached hydrogen (secondary N) is 1. The van der Waals surface area contributed by atoms with E-state index in [9.17, 15) is 18.0 Å². The second kappa shape index (κ2) is 8.98. The van der Waals surface area contributed by atoms with Gasteiger partial charge in [-0.3, -0.25) is 9.59 Å². The molecule has 4 rings (SSSR count). The number of amides is 1. The van der Waals surface area contributed by atoms with Crippen LogP contribution in [0.1, 0.15) is 30.4 Å². The van der Waals surface area contributed by atoms with Crippen LogP contribution in [-0.2, 0) is 37.2 Å². The maximum Gasteiger partial charge on any atom is 0.324 e. The molecular weight excluding hydrogens is 440 g/mol. The van der Waals surface area contributed by atoms with E-state index in [1.165, 1.54) is 35.4 Å². The highest BCUT2D eigenvalue weighted by molar-refractivity contribution is 7.89. The Morgan fingerprint density at radius 1 is 1.06 bits per heavy atom. The van der Waals surface area contributed by atoms with E-state index in [1.807, 2.05) is 18.2 Å². The van der Waals surface area contributed by atoms with Crippen LogP contribution < -0.4 is 5.32 Å². The molecule has 1 fully saturated rings. The molecule has 31 heavy (non-hydrogen) atoms. The third-order valence-electron chi connectivity index (χ3n) is 5.62. The van der Waals surface area contributed by atoms with E-state index in [2.05, 4.69) is 5.32 Å². The van der Waals surface area contributed by atoms with Crippen molar-refractivity contribution in [2.75, 3.05) is 18.5 Å². The van der Waals surface area contributed by atoms with Gasteiger partial charge in [-0.05, 0) is 79.6 Å². The van der Waals surface area contributed by atoms with Crippen molar-refractivity contribution in [1.82, 2.24) is 4.31 Å². The lowest BCUT2D eigenvalue weighted by molar-refractivity contribution is -0.150. The zero-order valence-corrected chi connectivity index (χ0v) is 18.4. The first-order valence-electron chi connectivity index (χ1n) is 10.2. The van der Waals surface area contributed by atoms with Gasteiger partial charge in [0.2, 0.25) is 10.0 Å². The Morgan fingerprint density at radius 3 is 2.58 bits per heavy atom. The molecule has 0 aromatic heterocycles. The summed E-state index contributed by atoms with van der Waals surface area (Å²) in [4.78, 5) is 24.9. The Hall–Kier alpha value is -2.42. The molecule has 0 radical (unpaired) electrons. The van der Waals surface area contributed by atoms with Crippen LogP contribution in [0.25, 0.3) is 0 Å². The average molecular weight is 463 g/mol. The van der Waals surface area contributed by atoms with Crippen LogP contribution in [0, 0.1) is 0 Å². The summed E-state index contributed by atoms with van der Waals surface area (Å²) in [5.74, 6) is -1.18. The maximum atomic E-state index is 12.9. The van der Waals surface area contributed by atoms with Gasteiger partial charge in [0.15, 0.2) is 6.61 Å². The van der Waals surface area contributed by atoms with Gasteiger partial charge in [0.25, 0.3) is 5.91 Å². The number of sulfonamides is 1. The van der Waals surface area contributed by atoms with E-state index in [4.69, 9.17) is 16.3 Å². The number of halogens is 1. The molecule has 0 bridgehead atoms. The van der Waals surface area contributed by atoms with E-state index in [0.717, 1.165) is 23.6 Å². The first kappa shape index (κ1) is 21.8. The Bertz CT molecular complexity index is 1100. The van der Waals surface area contributed by atoms with Crippen LogP contribution in [0.4, 0.5) is 5.69 Å². The van der Waals surface area contributed by atoms with Gasteiger partial charge in [0.1, 0.15) is 6.04 Å². The predicted octanol–water partition coefficient (Wildman–Crippen LogP) is 3.16. The number of anilines is 1. The minimum atomic E-state index is -3.87. The fraction of sp³-hybridized carbons (Fsp3) is 0.364. The first-order valence-corrected chi connectivity index (χ1v) is 12.0. The summed E-state index contributed by atoms with van der Waals surface area (Å²) in [7, 11) is -3.87. The first-order chi connectivity index (χ1) is 14.8. The molecule has 0 spiro atoms. The highest BCUT2D eigenvalue weighted by Crippen LogP contribution is 2.28. The van der Waals surface area contributed by atoms with Crippen LogP contribution in [-0.4, -0.2) is 43.8 Å². The normalized spacial score (nSPS) is 18.5. The lowest BCUT2D eigenvalue weighted by atomic mass is 10.1. The van der Waals surface area contributed by atoms with Crippen molar-refractivity contribution in [2.24, 2.45) is 0 Å². The van der Waals surface area contributed by atoms with Crippen LogP contribution >= 0.6 is 11.6 Å². The lowest BCUT2D eigenvalue weighted by Crippen LogP contribution is -2.42. The van der Waals surface area contributed by atoms with Gasteiger partial charge < -0.3 is 10.1 Å². The highest BCUT2D eigenvalue weighted by Gasteiger charge is 2.40. The summed E-state index contributed by atoms with van der Waals surface area (Å²) in [6.45, 7) is -0.257. The van der Waals surface area contributed by atoms with Crippen LogP contribution in [0.5, 0.6) is 0 Å². The molecule has 0 unspecified atom stereocenters. The molecule has 0 saturated carbocycles. The molecule has 2 aliphatic rings. The Morgan fingerprint density at radius 2 is 1.81 bits per heavy atom. The zero-order valence-electron chi connectivity index (χ0n) is 16.8. The van der Waals surface area contributed by atoms with Crippen molar-refractivity contribution >= 4 is 39.2 Å². The van der Waals surface area contributed by atoms with Gasteiger partial charge in [-0.15, -0.1) is 0 Å². The second-order valence-corrected chi connectivity index (χ2v) is 10.0. The van der Waals surface area contributed by atoms with Crippen molar-refractivity contribution in [3.63, 3.8) is 0 Å². The van der Waals surface area contributed by atoms with Gasteiger partial charge in [0, 0.05) is 17.3 Å². The SMILES string of the molecule is O=C(COC(=O)[C@H]1CCCN1S(=O)(=O)c1ccc(Cl)cc1)Nc1ccc2c(c1)CCC2. The largest absolute Gasteiger partial charge is 0.454 e. The Kier molecular flexibility index (Phi) is 6.31. The standard InChI is InChI=1S/C22H23ClN2O5S/c23-17-7-10-19(11-8-17)31(28,29)25-12-2-5-20(25)22(27)30-14-21(26)24-18-9-6-15-3-1-4-16(15)13-18/h6-11,13,20H,1-5,12,14H2,(H,24,26)/t20-/m1/s1. The summed E-state index contributed by atoms with van der Waals surface area (Å²) < 4.78 is 32.1. The number of rotatable bonds is 6. The average Bonchev–Trinajstić information content (AvgIpc) is 3.42. The Labute approximate surface area is 186 Å². The molecule has 1 aliphatic heterocycles. The summed E-state index contributed by atoms with van der Waals surface area (Å²) >= 11 is 5.84. The number of benzene rings is 2. The van der Waals surface area contributed by atoms with Crippen LogP contribution in [0.3, 0.4) is 0 Å². The second-order valence-electron chi connectivity index (χ2n) is 7.72. The number of nitrogens with zero attached hydrogens (tertiary/aromatic N) is 1. The molecule has 1 atom stereocenters. The number of ether oxygens (including phenoxy) is 1. The minimum Gasteiger partial charge on any atom is -0.454 e. The fourth-order valence-corrected chi connectivity index (χ4v) is 5.86. The fourth-order valence-electron chi connectivity index (χ4n) is 4.08. The summed E-state index contributed by atoms with van der Waals surface area (Å²) in [6.07, 6.45) is 4.04. The van der Waals surface area contributed by atoms with Gasteiger partial charge in [0.05, 0.1) is 4.90 Å². The zero-order chi connectivity index (χ0) is 22.0. The van der Waals surface area contributed by atoms with E-state index in [0.29, 0.717) is 23.6 Å². The molecule has 1 saturated heterocycles. The summed E-state index contributed by atoms with van der Waals surface area (Å²) in [5, 5.41) is 3.15. The van der Waals surface area contributed by atoms with Gasteiger partial charge >= 0.3 is 5.97 Å². The van der Waals surface area contributed by atoms with Crippen molar-refractivity contribution in [3.05, 3.63) is 58.6 Å². The number of aryl methyl sites for hydroxylation is 2. The molecule has 1 amide bonds. The lowest BCUT2D eigenvalue weighted by Gasteiger charge is -2.22. The van der Waals surface area contributed by atoms with E-state index >= 15 is 0 Å². The molecule has 164 valence electrons. The quantitative estimate of drug-likeness (QED) is 0.665. The third-order valence-corrected chi connectivity index (χ3v) is 7.80. The Balaban J connectivity index is 1.36. The molecule has 1 aliphatic carbocycles. The van der Waals surface area contributed by atoms with E-state index in [-0.39, 0.29) is 11.4 Å². The van der Waals surface area contributed by atoms with E-state index in [1.54, 1.807) is 0 Å². The number of hydrogen-bond donors (Lipinski definition) is 1. The van der Waals surface area contributed by atoms with Crippen molar-refractivity contribution < 1.29 is 22.7 Å². The smallest absolute Gasteiger partial charge is 0.324 e. The molecular formula is C22H23ClN2O5S. The van der Waals surface area contributed by atoms with Gasteiger partial charge in [-0.1, -0.05) is 17.7 Å². The molecule has 1 heterocycles. The van der Waals surface area contributed by atoms with Gasteiger partial charge in [-0.2, -0.15) is 4.31 Å². The maximum absolute atomic E-state index is 12.9. The third kappa shape index (κ3) is 4.76. The molecule has 2 aromatic carbocycles. The number of hydrogen-bond acceptors (Lipinski definition) is 5. The van der Waals surface area contributed by atoms with Crippen LogP contribution in [0.2, 0.25) is 5.02 Å². The molecule has 2 aromatic rings. The van der Waals surface area contributed by atoms with Gasteiger partial charge in [-0.25, -0.2) is 8.42 Å². The van der Waals surface area contributed by atoms with Crippen molar-refractivity contribution in [2.45, 2.75) is 43.0 Å². The molecule has 1 N–H and O–H groups in total. The number of carbonyl (C=O) groups is 2. The summed E-state index contributed by atoms with van der Waals surface area (Å²) in [5.41, 5.74) is 3.19. The number of fused-ring (bicyclic) bond motifs is 1. The van der Waals surface area contributed by atoms with E-state index < -0.39 is 34.5 Å². The minimum absolute atomic E-state index is 0.0611. The summed E-state index contributed by atoms with van der Waals surface area (Å²) in [6, 6.07) is 10.6.